The average Bonchev–Trinajstić information content (AvgIpc) is 2.90. The third-order valence-electron chi connectivity index (χ3n) is 4.14. The van der Waals surface area contributed by atoms with Gasteiger partial charge in [-0.2, -0.15) is 5.10 Å². The molecule has 0 bridgehead atoms. The van der Waals surface area contributed by atoms with Gasteiger partial charge >= 0.3 is 0 Å². The summed E-state index contributed by atoms with van der Waals surface area (Å²) in [5, 5.41) is 8.66. The van der Waals surface area contributed by atoms with Crippen LogP contribution in [-0.2, 0) is 0 Å². The summed E-state index contributed by atoms with van der Waals surface area (Å²) >= 11 is 0. The van der Waals surface area contributed by atoms with Gasteiger partial charge in [0.15, 0.2) is 0 Å². The number of carbonyl (C=O) groups excluding carboxylic acids is 1. The van der Waals surface area contributed by atoms with E-state index in [2.05, 4.69) is 25.7 Å². The molecule has 1 aromatic heterocycles. The molecule has 2 aromatic rings. The first-order valence-electron chi connectivity index (χ1n) is 7.23. The molecule has 0 saturated carbocycles. The molecule has 2 aliphatic heterocycles. The molecule has 1 saturated heterocycles. The number of benzene rings is 1. The van der Waals surface area contributed by atoms with Crippen LogP contribution < -0.4 is 10.7 Å². The van der Waals surface area contributed by atoms with Crippen molar-refractivity contribution in [3.8, 4) is 0 Å². The highest BCUT2D eigenvalue weighted by Gasteiger charge is 2.22. The predicted octanol–water partition coefficient (Wildman–Crippen LogP) is 0.521. The Balaban J connectivity index is 1.76. The maximum absolute atomic E-state index is 12.2. The van der Waals surface area contributed by atoms with Crippen LogP contribution in [-0.4, -0.2) is 54.2 Å². The SMILES string of the molecule is O=C1NN=C(CN2CCNCC2)c2c[nH]c3cccc1c23. The Morgan fingerprint density at radius 3 is 2.90 bits per heavy atom. The van der Waals surface area contributed by atoms with Gasteiger partial charge in [-0.3, -0.25) is 9.69 Å². The van der Waals surface area contributed by atoms with E-state index in [1.54, 1.807) is 0 Å². The van der Waals surface area contributed by atoms with Crippen molar-refractivity contribution in [2.45, 2.75) is 0 Å². The van der Waals surface area contributed by atoms with E-state index in [0.29, 0.717) is 5.56 Å². The second-order valence-electron chi connectivity index (χ2n) is 5.46. The van der Waals surface area contributed by atoms with E-state index in [0.717, 1.165) is 54.9 Å². The van der Waals surface area contributed by atoms with Crippen LogP contribution in [0.3, 0.4) is 0 Å². The Kier molecular flexibility index (Phi) is 2.98. The molecule has 1 amide bonds. The molecule has 0 aliphatic carbocycles. The number of aromatic nitrogens is 1. The van der Waals surface area contributed by atoms with Gasteiger partial charge < -0.3 is 10.3 Å². The molecule has 21 heavy (non-hydrogen) atoms. The van der Waals surface area contributed by atoms with E-state index < -0.39 is 0 Å². The zero-order chi connectivity index (χ0) is 14.2. The fourth-order valence-electron chi connectivity index (χ4n) is 3.04. The molecular weight excluding hydrogens is 266 g/mol. The maximum Gasteiger partial charge on any atom is 0.272 e. The lowest BCUT2D eigenvalue weighted by Crippen LogP contribution is -2.45. The van der Waals surface area contributed by atoms with Crippen LogP contribution in [0.5, 0.6) is 0 Å². The molecule has 6 nitrogen and oxygen atoms in total. The van der Waals surface area contributed by atoms with Crippen LogP contribution in [0.2, 0.25) is 0 Å². The van der Waals surface area contributed by atoms with Gasteiger partial charge in [-0.25, -0.2) is 5.43 Å². The third kappa shape index (κ3) is 2.12. The molecule has 3 N–H and O–H groups in total. The molecule has 108 valence electrons. The number of rotatable bonds is 2. The van der Waals surface area contributed by atoms with E-state index in [1.807, 2.05) is 24.4 Å². The largest absolute Gasteiger partial charge is 0.360 e. The molecule has 0 radical (unpaired) electrons. The fourth-order valence-corrected chi connectivity index (χ4v) is 3.04. The summed E-state index contributed by atoms with van der Waals surface area (Å²) in [6, 6.07) is 5.72. The number of amides is 1. The van der Waals surface area contributed by atoms with Crippen LogP contribution in [0.1, 0.15) is 15.9 Å². The number of aromatic amines is 1. The first kappa shape index (κ1) is 12.6. The Morgan fingerprint density at radius 1 is 1.19 bits per heavy atom. The lowest BCUT2D eigenvalue weighted by Gasteiger charge is -2.27. The van der Waals surface area contributed by atoms with Gasteiger partial charge in [0.1, 0.15) is 0 Å². The van der Waals surface area contributed by atoms with Gasteiger partial charge in [-0.15, -0.1) is 0 Å². The molecular formula is C15H17N5O. The van der Waals surface area contributed by atoms with Crippen molar-refractivity contribution < 1.29 is 4.79 Å². The number of hydrazone groups is 1. The lowest BCUT2D eigenvalue weighted by molar-refractivity contribution is 0.0957. The van der Waals surface area contributed by atoms with Crippen LogP contribution in [0.4, 0.5) is 0 Å². The van der Waals surface area contributed by atoms with Gasteiger partial charge in [0.25, 0.3) is 5.91 Å². The van der Waals surface area contributed by atoms with Crippen LogP contribution in [0.25, 0.3) is 10.9 Å². The number of nitrogens with one attached hydrogen (secondary N) is 3. The van der Waals surface area contributed by atoms with Crippen molar-refractivity contribution in [3.05, 3.63) is 35.5 Å². The summed E-state index contributed by atoms with van der Waals surface area (Å²) in [6.07, 6.45) is 1.95. The average molecular weight is 283 g/mol. The molecule has 1 fully saturated rings. The number of carbonyl (C=O) groups is 1. The molecule has 0 spiro atoms. The summed E-state index contributed by atoms with van der Waals surface area (Å²) in [6.45, 7) is 4.76. The summed E-state index contributed by atoms with van der Waals surface area (Å²) in [5.74, 6) is -0.142. The Bertz CT molecular complexity index is 727. The number of piperazine rings is 1. The highest BCUT2D eigenvalue weighted by molar-refractivity contribution is 6.19. The summed E-state index contributed by atoms with van der Waals surface area (Å²) in [5.41, 5.74) is 6.28. The first-order valence-corrected chi connectivity index (χ1v) is 7.23. The summed E-state index contributed by atoms with van der Waals surface area (Å²) < 4.78 is 0. The Labute approximate surface area is 122 Å². The minimum atomic E-state index is -0.142. The molecule has 4 rings (SSSR count). The molecule has 1 aromatic carbocycles. The smallest absolute Gasteiger partial charge is 0.272 e. The van der Waals surface area contributed by atoms with Gasteiger partial charge in [0.05, 0.1) is 11.3 Å². The second kappa shape index (κ2) is 4.98. The Hall–Kier alpha value is -2.18. The molecule has 3 heterocycles. The van der Waals surface area contributed by atoms with Crippen LogP contribution in [0.15, 0.2) is 29.5 Å². The second-order valence-corrected chi connectivity index (χ2v) is 5.46. The standard InChI is InChI=1S/C15H17N5O/c21-15-10-2-1-3-12-14(10)11(8-17-12)13(18-19-15)9-20-6-4-16-5-7-20/h1-3,8,16-17H,4-7,9H2,(H,19,21). The lowest BCUT2D eigenvalue weighted by atomic mass is 10.0. The van der Waals surface area contributed by atoms with Gasteiger partial charge in [-0.05, 0) is 12.1 Å². The number of H-pyrrole nitrogens is 1. The summed E-state index contributed by atoms with van der Waals surface area (Å²) in [4.78, 5) is 17.8. The third-order valence-corrected chi connectivity index (χ3v) is 4.14. The highest BCUT2D eigenvalue weighted by atomic mass is 16.2. The predicted molar refractivity (Wildman–Crippen MR) is 81.6 cm³/mol. The highest BCUT2D eigenvalue weighted by Crippen LogP contribution is 2.25. The first-order chi connectivity index (χ1) is 10.3. The van der Waals surface area contributed by atoms with Crippen molar-refractivity contribution >= 4 is 22.5 Å². The van der Waals surface area contributed by atoms with E-state index in [4.69, 9.17) is 0 Å². The number of nitrogens with zero attached hydrogens (tertiary/aromatic N) is 2. The minimum absolute atomic E-state index is 0.142. The van der Waals surface area contributed by atoms with E-state index in [9.17, 15) is 4.79 Å². The normalized spacial score (nSPS) is 19.2. The van der Waals surface area contributed by atoms with Gasteiger partial charge in [0, 0.05) is 55.4 Å². The maximum atomic E-state index is 12.2. The summed E-state index contributed by atoms with van der Waals surface area (Å²) in [7, 11) is 0. The van der Waals surface area contributed by atoms with Crippen molar-refractivity contribution in [2.75, 3.05) is 32.7 Å². The number of hydrogen-bond donors (Lipinski definition) is 3. The van der Waals surface area contributed by atoms with Crippen LogP contribution >= 0.6 is 0 Å². The van der Waals surface area contributed by atoms with Gasteiger partial charge in [0.2, 0.25) is 0 Å². The fraction of sp³-hybridized carbons (Fsp3) is 0.333. The number of hydrogen-bond acceptors (Lipinski definition) is 4. The van der Waals surface area contributed by atoms with Crippen LogP contribution in [0, 0.1) is 0 Å². The monoisotopic (exact) mass is 283 g/mol. The van der Waals surface area contributed by atoms with E-state index in [1.165, 1.54) is 0 Å². The van der Waals surface area contributed by atoms with Gasteiger partial charge in [-0.1, -0.05) is 6.07 Å². The Morgan fingerprint density at radius 2 is 2.05 bits per heavy atom. The van der Waals surface area contributed by atoms with Crippen molar-refractivity contribution in [1.29, 1.82) is 0 Å². The quantitative estimate of drug-likeness (QED) is 0.752. The van der Waals surface area contributed by atoms with Crippen molar-refractivity contribution in [1.82, 2.24) is 20.6 Å². The zero-order valence-electron chi connectivity index (χ0n) is 11.6. The minimum Gasteiger partial charge on any atom is -0.360 e. The topological polar surface area (TPSA) is 72.5 Å². The molecule has 0 unspecified atom stereocenters. The molecule has 0 atom stereocenters. The van der Waals surface area contributed by atoms with E-state index in [-0.39, 0.29) is 5.91 Å². The molecule has 2 aliphatic rings. The van der Waals surface area contributed by atoms with E-state index >= 15 is 0 Å². The van der Waals surface area contributed by atoms with Crippen molar-refractivity contribution in [2.24, 2.45) is 5.10 Å². The van der Waals surface area contributed by atoms with Crippen molar-refractivity contribution in [3.63, 3.8) is 0 Å². The molecule has 6 heteroatoms. The zero-order valence-corrected chi connectivity index (χ0v) is 11.6.